The largest absolute Gasteiger partial charge is 0.377 e. The van der Waals surface area contributed by atoms with Gasteiger partial charge in [0, 0.05) is 37.8 Å². The zero-order valence-electron chi connectivity index (χ0n) is 13.2. The fourth-order valence-corrected chi connectivity index (χ4v) is 4.80. The number of sulfonamides is 1. The Labute approximate surface area is 143 Å². The van der Waals surface area contributed by atoms with E-state index >= 15 is 0 Å². The van der Waals surface area contributed by atoms with Crippen LogP contribution in [0.5, 0.6) is 0 Å². The molecule has 2 fully saturated rings. The third-order valence-corrected chi connectivity index (χ3v) is 6.65. The second-order valence-electron chi connectivity index (χ2n) is 6.15. The molecule has 0 radical (unpaired) electrons. The van der Waals surface area contributed by atoms with E-state index in [0.717, 1.165) is 45.5 Å². The third kappa shape index (κ3) is 4.25. The molecule has 1 aromatic carbocycles. The summed E-state index contributed by atoms with van der Waals surface area (Å²) in [6.45, 7) is 4.54. The molecule has 2 saturated heterocycles. The zero-order valence-corrected chi connectivity index (χ0v) is 14.7. The van der Waals surface area contributed by atoms with Crippen molar-refractivity contribution in [3.05, 3.63) is 29.3 Å². The van der Waals surface area contributed by atoms with Gasteiger partial charge in [0.05, 0.1) is 11.0 Å². The van der Waals surface area contributed by atoms with Gasteiger partial charge in [-0.2, -0.15) is 4.31 Å². The van der Waals surface area contributed by atoms with E-state index in [1.807, 2.05) is 0 Å². The smallest absolute Gasteiger partial charge is 0.243 e. The van der Waals surface area contributed by atoms with Crippen molar-refractivity contribution in [2.75, 3.05) is 39.3 Å². The molecule has 23 heavy (non-hydrogen) atoms. The van der Waals surface area contributed by atoms with Crippen molar-refractivity contribution in [1.29, 1.82) is 0 Å². The lowest BCUT2D eigenvalue weighted by molar-refractivity contribution is 0.0749. The van der Waals surface area contributed by atoms with Gasteiger partial charge >= 0.3 is 0 Å². The van der Waals surface area contributed by atoms with Crippen LogP contribution in [0.15, 0.2) is 29.2 Å². The maximum absolute atomic E-state index is 12.7. The molecule has 0 amide bonds. The standard InChI is InChI=1S/C16H23ClN2O3S/c17-14-4-6-16(7-5-14)23(20,21)19-9-2-8-18(10-11-19)13-15-3-1-12-22-15/h4-7,15H,1-3,8-13H2/t15-/m1/s1. The molecule has 3 rings (SSSR count). The van der Waals surface area contributed by atoms with Crippen molar-refractivity contribution in [3.63, 3.8) is 0 Å². The normalized spacial score (nSPS) is 24.7. The number of rotatable bonds is 4. The van der Waals surface area contributed by atoms with Gasteiger partial charge in [0.2, 0.25) is 10.0 Å². The predicted octanol–water partition coefficient (Wildman–Crippen LogP) is 2.22. The molecule has 128 valence electrons. The Kier molecular flexibility index (Phi) is 5.59. The van der Waals surface area contributed by atoms with Crippen molar-refractivity contribution in [2.45, 2.75) is 30.3 Å². The molecule has 0 saturated carbocycles. The van der Waals surface area contributed by atoms with Gasteiger partial charge in [0.1, 0.15) is 0 Å². The molecule has 0 aliphatic carbocycles. The Morgan fingerprint density at radius 1 is 1.09 bits per heavy atom. The van der Waals surface area contributed by atoms with Gasteiger partial charge in [0.25, 0.3) is 0 Å². The van der Waals surface area contributed by atoms with Gasteiger partial charge in [-0.05, 0) is 50.1 Å². The fourth-order valence-electron chi connectivity index (χ4n) is 3.20. The minimum atomic E-state index is -3.44. The quantitative estimate of drug-likeness (QED) is 0.828. The van der Waals surface area contributed by atoms with Gasteiger partial charge in [-0.25, -0.2) is 8.42 Å². The number of hydrogen-bond donors (Lipinski definition) is 0. The van der Waals surface area contributed by atoms with Gasteiger partial charge in [-0.3, -0.25) is 4.90 Å². The summed E-state index contributed by atoms with van der Waals surface area (Å²) in [5.41, 5.74) is 0. The lowest BCUT2D eigenvalue weighted by Crippen LogP contribution is -2.37. The van der Waals surface area contributed by atoms with Crippen molar-refractivity contribution < 1.29 is 13.2 Å². The summed E-state index contributed by atoms with van der Waals surface area (Å²) in [5, 5.41) is 0.544. The Morgan fingerprint density at radius 3 is 2.57 bits per heavy atom. The molecule has 2 aliphatic rings. The first-order chi connectivity index (χ1) is 11.1. The summed E-state index contributed by atoms with van der Waals surface area (Å²) in [6, 6.07) is 6.39. The van der Waals surface area contributed by atoms with Gasteiger partial charge in [-0.1, -0.05) is 11.6 Å². The highest BCUT2D eigenvalue weighted by atomic mass is 35.5. The van der Waals surface area contributed by atoms with Crippen LogP contribution in [0.3, 0.4) is 0 Å². The second kappa shape index (κ2) is 7.49. The molecule has 1 atom stereocenters. The first kappa shape index (κ1) is 17.2. The Bertz CT molecular complexity index is 615. The highest BCUT2D eigenvalue weighted by Gasteiger charge is 2.28. The highest BCUT2D eigenvalue weighted by Crippen LogP contribution is 2.21. The Balaban J connectivity index is 1.63. The van der Waals surface area contributed by atoms with E-state index in [1.165, 1.54) is 0 Å². The van der Waals surface area contributed by atoms with Crippen LogP contribution < -0.4 is 0 Å². The van der Waals surface area contributed by atoms with Crippen LogP contribution in [-0.2, 0) is 14.8 Å². The van der Waals surface area contributed by atoms with E-state index in [4.69, 9.17) is 16.3 Å². The van der Waals surface area contributed by atoms with Crippen molar-refractivity contribution in [1.82, 2.24) is 9.21 Å². The van der Waals surface area contributed by atoms with E-state index in [1.54, 1.807) is 28.6 Å². The number of nitrogens with zero attached hydrogens (tertiary/aromatic N) is 2. The first-order valence-corrected chi connectivity index (χ1v) is 9.97. The van der Waals surface area contributed by atoms with Gasteiger partial charge in [0.15, 0.2) is 0 Å². The van der Waals surface area contributed by atoms with Crippen molar-refractivity contribution in [3.8, 4) is 0 Å². The zero-order chi connectivity index (χ0) is 16.3. The summed E-state index contributed by atoms with van der Waals surface area (Å²) in [5.74, 6) is 0. The lowest BCUT2D eigenvalue weighted by atomic mass is 10.2. The summed E-state index contributed by atoms with van der Waals surface area (Å²) in [4.78, 5) is 2.64. The van der Waals surface area contributed by atoms with Gasteiger partial charge < -0.3 is 4.74 Å². The molecular formula is C16H23ClN2O3S. The Hall–Kier alpha value is -0.660. The number of benzene rings is 1. The molecule has 0 unspecified atom stereocenters. The predicted molar refractivity (Wildman–Crippen MR) is 90.2 cm³/mol. The van der Waals surface area contributed by atoms with Crippen molar-refractivity contribution >= 4 is 21.6 Å². The van der Waals surface area contributed by atoms with Crippen LogP contribution in [0.4, 0.5) is 0 Å². The number of halogens is 1. The lowest BCUT2D eigenvalue weighted by Gasteiger charge is -2.23. The van der Waals surface area contributed by atoms with E-state index in [2.05, 4.69) is 4.90 Å². The molecule has 0 aromatic heterocycles. The molecule has 0 spiro atoms. The average molecular weight is 359 g/mol. The maximum Gasteiger partial charge on any atom is 0.243 e. The van der Waals surface area contributed by atoms with E-state index in [9.17, 15) is 8.42 Å². The summed E-state index contributed by atoms with van der Waals surface area (Å²) in [6.07, 6.45) is 3.41. The molecule has 5 nitrogen and oxygen atoms in total. The molecular weight excluding hydrogens is 336 g/mol. The van der Waals surface area contributed by atoms with Crippen LogP contribution in [0, 0.1) is 0 Å². The molecule has 2 heterocycles. The molecule has 0 N–H and O–H groups in total. The third-order valence-electron chi connectivity index (χ3n) is 4.48. The van der Waals surface area contributed by atoms with Crippen LogP contribution in [0.1, 0.15) is 19.3 Å². The SMILES string of the molecule is O=S(=O)(c1ccc(Cl)cc1)N1CCCN(C[C@H]2CCCO2)CC1. The molecule has 1 aromatic rings. The van der Waals surface area contributed by atoms with E-state index in [0.29, 0.717) is 29.1 Å². The minimum absolute atomic E-state index is 0.314. The first-order valence-electron chi connectivity index (χ1n) is 8.15. The van der Waals surface area contributed by atoms with Crippen molar-refractivity contribution in [2.24, 2.45) is 0 Å². The Morgan fingerprint density at radius 2 is 1.87 bits per heavy atom. The summed E-state index contributed by atoms with van der Waals surface area (Å²) < 4.78 is 32.8. The molecule has 7 heteroatoms. The van der Waals surface area contributed by atoms with Crippen LogP contribution >= 0.6 is 11.6 Å². The highest BCUT2D eigenvalue weighted by molar-refractivity contribution is 7.89. The van der Waals surface area contributed by atoms with E-state index in [-0.39, 0.29) is 0 Å². The van der Waals surface area contributed by atoms with Crippen LogP contribution in [0.25, 0.3) is 0 Å². The van der Waals surface area contributed by atoms with Crippen LogP contribution in [0.2, 0.25) is 5.02 Å². The summed E-state index contributed by atoms with van der Waals surface area (Å²) >= 11 is 5.85. The second-order valence-corrected chi connectivity index (χ2v) is 8.52. The number of ether oxygens (including phenoxy) is 1. The molecule has 0 bridgehead atoms. The maximum atomic E-state index is 12.7. The van der Waals surface area contributed by atoms with E-state index < -0.39 is 10.0 Å². The van der Waals surface area contributed by atoms with Gasteiger partial charge in [-0.15, -0.1) is 0 Å². The average Bonchev–Trinajstić information content (AvgIpc) is 2.91. The topological polar surface area (TPSA) is 49.9 Å². The van der Waals surface area contributed by atoms with Crippen LogP contribution in [-0.4, -0.2) is 63.1 Å². The minimum Gasteiger partial charge on any atom is -0.377 e. The molecule has 2 aliphatic heterocycles. The number of hydrogen-bond acceptors (Lipinski definition) is 4. The fraction of sp³-hybridized carbons (Fsp3) is 0.625. The summed E-state index contributed by atoms with van der Waals surface area (Å²) in [7, 11) is -3.44. The monoisotopic (exact) mass is 358 g/mol.